The van der Waals surface area contributed by atoms with Gasteiger partial charge >= 0.3 is 0 Å². The first kappa shape index (κ1) is 14.9. The SMILES string of the molecule is CSCCCCNC(=O)c1cc(C)ccc1NN. The number of rotatable bonds is 7. The van der Waals surface area contributed by atoms with E-state index >= 15 is 0 Å². The molecule has 0 spiro atoms. The van der Waals surface area contributed by atoms with Crippen LogP contribution in [0.25, 0.3) is 0 Å². The van der Waals surface area contributed by atoms with Crippen LogP contribution in [0.5, 0.6) is 0 Å². The molecule has 0 unspecified atom stereocenters. The van der Waals surface area contributed by atoms with E-state index in [2.05, 4.69) is 17.0 Å². The number of unbranched alkanes of at least 4 members (excludes halogenated alkanes) is 1. The third-order valence-corrected chi connectivity index (χ3v) is 3.33. The molecule has 0 aliphatic heterocycles. The predicted molar refractivity (Wildman–Crippen MR) is 78.9 cm³/mol. The maximum Gasteiger partial charge on any atom is 0.253 e. The molecule has 0 saturated heterocycles. The van der Waals surface area contributed by atoms with Crippen LogP contribution in [0, 0.1) is 6.92 Å². The van der Waals surface area contributed by atoms with Crippen molar-refractivity contribution in [2.75, 3.05) is 24.0 Å². The maximum atomic E-state index is 12.0. The number of carbonyl (C=O) groups excluding carboxylic acids is 1. The molecule has 0 aliphatic carbocycles. The molecule has 0 aliphatic rings. The molecule has 0 atom stereocenters. The van der Waals surface area contributed by atoms with Crippen molar-refractivity contribution in [3.8, 4) is 0 Å². The molecule has 1 rings (SSSR count). The summed E-state index contributed by atoms with van der Waals surface area (Å²) in [7, 11) is 0. The van der Waals surface area contributed by atoms with Gasteiger partial charge in [-0.1, -0.05) is 11.6 Å². The lowest BCUT2D eigenvalue weighted by Gasteiger charge is -2.10. The van der Waals surface area contributed by atoms with Crippen LogP contribution in [0.1, 0.15) is 28.8 Å². The number of nitrogen functional groups attached to an aromatic ring is 1. The fraction of sp³-hybridized carbons (Fsp3) is 0.462. The largest absolute Gasteiger partial charge is 0.352 e. The van der Waals surface area contributed by atoms with Gasteiger partial charge in [0.25, 0.3) is 5.91 Å². The molecule has 0 bridgehead atoms. The summed E-state index contributed by atoms with van der Waals surface area (Å²) in [6.07, 6.45) is 4.21. The number of thioether (sulfide) groups is 1. The average molecular weight is 267 g/mol. The van der Waals surface area contributed by atoms with Gasteiger partial charge in [0, 0.05) is 6.54 Å². The number of amides is 1. The van der Waals surface area contributed by atoms with Crippen LogP contribution in [0.3, 0.4) is 0 Å². The minimum absolute atomic E-state index is 0.0733. The van der Waals surface area contributed by atoms with Crippen molar-refractivity contribution in [2.24, 2.45) is 5.84 Å². The zero-order valence-electron chi connectivity index (χ0n) is 11.0. The summed E-state index contributed by atoms with van der Waals surface area (Å²) in [5.41, 5.74) is 4.85. The Morgan fingerprint density at radius 2 is 2.17 bits per heavy atom. The van der Waals surface area contributed by atoms with Crippen molar-refractivity contribution in [1.29, 1.82) is 0 Å². The molecule has 0 aromatic heterocycles. The molecule has 0 saturated carbocycles. The number of hydrazine groups is 1. The number of anilines is 1. The van der Waals surface area contributed by atoms with Crippen LogP contribution in [0.15, 0.2) is 18.2 Å². The molecule has 4 nitrogen and oxygen atoms in total. The van der Waals surface area contributed by atoms with Crippen molar-refractivity contribution >= 4 is 23.4 Å². The van der Waals surface area contributed by atoms with Gasteiger partial charge in [-0.25, -0.2) is 0 Å². The van der Waals surface area contributed by atoms with E-state index in [0.717, 1.165) is 24.2 Å². The summed E-state index contributed by atoms with van der Waals surface area (Å²) < 4.78 is 0. The van der Waals surface area contributed by atoms with Crippen LogP contribution < -0.4 is 16.6 Å². The Balaban J connectivity index is 2.52. The lowest BCUT2D eigenvalue weighted by molar-refractivity contribution is 0.0954. The highest BCUT2D eigenvalue weighted by Gasteiger charge is 2.10. The van der Waals surface area contributed by atoms with Gasteiger partial charge in [0.05, 0.1) is 11.3 Å². The Bertz CT molecular complexity index is 396. The number of nitrogens with one attached hydrogen (secondary N) is 2. The van der Waals surface area contributed by atoms with E-state index in [4.69, 9.17) is 5.84 Å². The quantitative estimate of drug-likeness (QED) is 0.402. The zero-order valence-corrected chi connectivity index (χ0v) is 11.8. The van der Waals surface area contributed by atoms with Crippen molar-refractivity contribution < 1.29 is 4.79 Å². The molecule has 0 fully saturated rings. The zero-order chi connectivity index (χ0) is 13.4. The number of hydrogen-bond acceptors (Lipinski definition) is 4. The van der Waals surface area contributed by atoms with Gasteiger partial charge in [-0.3, -0.25) is 10.6 Å². The van der Waals surface area contributed by atoms with Gasteiger partial charge in [0.15, 0.2) is 0 Å². The van der Waals surface area contributed by atoms with Crippen LogP contribution in [0.2, 0.25) is 0 Å². The van der Waals surface area contributed by atoms with E-state index in [9.17, 15) is 4.79 Å². The molecule has 1 aromatic carbocycles. The number of carbonyl (C=O) groups is 1. The summed E-state index contributed by atoms with van der Waals surface area (Å²) >= 11 is 1.83. The fourth-order valence-electron chi connectivity index (χ4n) is 1.64. The minimum Gasteiger partial charge on any atom is -0.352 e. The standard InChI is InChI=1S/C13H21N3OS/c1-10-5-6-12(16-14)11(9-10)13(17)15-7-3-4-8-18-2/h5-6,9,16H,3-4,7-8,14H2,1-2H3,(H,15,17). The second kappa shape index (κ2) is 8.00. The van der Waals surface area contributed by atoms with Crippen LogP contribution >= 0.6 is 11.8 Å². The first-order chi connectivity index (χ1) is 8.69. The van der Waals surface area contributed by atoms with Crippen LogP contribution in [-0.4, -0.2) is 24.5 Å². The second-order valence-electron chi connectivity index (χ2n) is 4.15. The summed E-state index contributed by atoms with van der Waals surface area (Å²) in [5.74, 6) is 6.46. The maximum absolute atomic E-state index is 12.0. The fourth-order valence-corrected chi connectivity index (χ4v) is 2.13. The second-order valence-corrected chi connectivity index (χ2v) is 5.13. The molecular formula is C13H21N3OS. The van der Waals surface area contributed by atoms with E-state index in [1.807, 2.05) is 36.9 Å². The molecule has 1 amide bonds. The Kier molecular flexibility index (Phi) is 6.60. The first-order valence-corrected chi connectivity index (χ1v) is 7.43. The molecule has 0 heterocycles. The first-order valence-electron chi connectivity index (χ1n) is 6.03. The predicted octanol–water partition coefficient (Wildman–Crippen LogP) is 2.15. The minimum atomic E-state index is -0.0733. The Hall–Kier alpha value is -1.20. The molecule has 0 radical (unpaired) electrons. The normalized spacial score (nSPS) is 10.2. The summed E-state index contributed by atoms with van der Waals surface area (Å²) in [4.78, 5) is 12.0. The highest BCUT2D eigenvalue weighted by molar-refractivity contribution is 7.98. The van der Waals surface area contributed by atoms with Gasteiger partial charge < -0.3 is 10.7 Å². The summed E-state index contributed by atoms with van der Waals surface area (Å²) in [6, 6.07) is 5.58. The Morgan fingerprint density at radius 3 is 2.83 bits per heavy atom. The van der Waals surface area contributed by atoms with Crippen molar-refractivity contribution in [1.82, 2.24) is 5.32 Å². The van der Waals surface area contributed by atoms with E-state index in [0.29, 0.717) is 17.8 Å². The van der Waals surface area contributed by atoms with Crippen molar-refractivity contribution in [3.63, 3.8) is 0 Å². The monoisotopic (exact) mass is 267 g/mol. The molecule has 18 heavy (non-hydrogen) atoms. The smallest absolute Gasteiger partial charge is 0.253 e. The lowest BCUT2D eigenvalue weighted by Crippen LogP contribution is -2.26. The average Bonchev–Trinajstić information content (AvgIpc) is 2.38. The summed E-state index contributed by atoms with van der Waals surface area (Å²) in [6.45, 7) is 2.66. The van der Waals surface area contributed by atoms with Crippen molar-refractivity contribution in [3.05, 3.63) is 29.3 Å². The van der Waals surface area contributed by atoms with E-state index < -0.39 is 0 Å². The topological polar surface area (TPSA) is 67.2 Å². The highest BCUT2D eigenvalue weighted by Crippen LogP contribution is 2.16. The Morgan fingerprint density at radius 1 is 1.39 bits per heavy atom. The van der Waals surface area contributed by atoms with E-state index in [1.165, 1.54) is 0 Å². The van der Waals surface area contributed by atoms with E-state index in [-0.39, 0.29) is 5.91 Å². The third-order valence-electron chi connectivity index (χ3n) is 2.64. The molecule has 4 N–H and O–H groups in total. The Labute approximate surface area is 113 Å². The number of benzene rings is 1. The van der Waals surface area contributed by atoms with Gasteiger partial charge in [0.2, 0.25) is 0 Å². The van der Waals surface area contributed by atoms with Gasteiger partial charge in [0.1, 0.15) is 0 Å². The molecule has 1 aromatic rings. The van der Waals surface area contributed by atoms with Gasteiger partial charge in [-0.05, 0) is 43.9 Å². The summed E-state index contributed by atoms with van der Waals surface area (Å²) in [5, 5.41) is 2.92. The van der Waals surface area contributed by atoms with Crippen LogP contribution in [0.4, 0.5) is 5.69 Å². The van der Waals surface area contributed by atoms with E-state index in [1.54, 1.807) is 0 Å². The number of nitrogens with two attached hydrogens (primary N) is 1. The van der Waals surface area contributed by atoms with Crippen molar-refractivity contribution in [2.45, 2.75) is 19.8 Å². The number of hydrogen-bond donors (Lipinski definition) is 3. The third kappa shape index (κ3) is 4.58. The molecule has 5 heteroatoms. The van der Waals surface area contributed by atoms with Gasteiger partial charge in [-0.15, -0.1) is 0 Å². The highest BCUT2D eigenvalue weighted by atomic mass is 32.2. The van der Waals surface area contributed by atoms with Crippen LogP contribution in [-0.2, 0) is 0 Å². The molecule has 100 valence electrons. The number of aryl methyl sites for hydroxylation is 1. The molecular weight excluding hydrogens is 246 g/mol. The van der Waals surface area contributed by atoms with Gasteiger partial charge in [-0.2, -0.15) is 11.8 Å². The lowest BCUT2D eigenvalue weighted by atomic mass is 10.1.